The maximum Gasteiger partial charge on any atom is 0.141 e. The Hall–Kier alpha value is -1.36. The topological polar surface area (TPSA) is 0 Å². The molecule has 0 nitrogen and oxygen atoms in total. The molecule has 0 radical (unpaired) electrons. The van der Waals surface area contributed by atoms with E-state index in [2.05, 4.69) is 18.8 Å². The zero-order valence-electron chi connectivity index (χ0n) is 13.5. The second-order valence-corrected chi connectivity index (χ2v) is 6.46. The Bertz CT molecular complexity index is 516. The van der Waals surface area contributed by atoms with Crippen LogP contribution in [0.15, 0.2) is 18.2 Å². The van der Waals surface area contributed by atoms with Gasteiger partial charge in [0.2, 0.25) is 0 Å². The third-order valence-electron chi connectivity index (χ3n) is 4.65. The fourth-order valence-corrected chi connectivity index (χ4v) is 3.23. The monoisotopic (exact) mass is 304 g/mol. The summed E-state index contributed by atoms with van der Waals surface area (Å²) in [5.41, 5.74) is 0.308. The number of hydrogen-bond donors (Lipinski definition) is 0. The zero-order valence-corrected chi connectivity index (χ0v) is 13.5. The lowest BCUT2D eigenvalue weighted by Crippen LogP contribution is -2.13. The average Bonchev–Trinajstić information content (AvgIpc) is 2.52. The van der Waals surface area contributed by atoms with Crippen LogP contribution in [-0.2, 0) is 0 Å². The van der Waals surface area contributed by atoms with Crippen molar-refractivity contribution in [1.82, 2.24) is 0 Å². The molecule has 1 saturated carbocycles. The van der Waals surface area contributed by atoms with Crippen molar-refractivity contribution < 1.29 is 8.78 Å². The van der Waals surface area contributed by atoms with Gasteiger partial charge in [-0.25, -0.2) is 8.78 Å². The van der Waals surface area contributed by atoms with Crippen LogP contribution < -0.4 is 0 Å². The van der Waals surface area contributed by atoms with E-state index < -0.39 is 11.6 Å². The molecule has 2 heteroatoms. The predicted octanol–water partition coefficient (Wildman–Crippen LogP) is 6.09. The molecular weight excluding hydrogens is 278 g/mol. The van der Waals surface area contributed by atoms with Crippen LogP contribution in [0.5, 0.6) is 0 Å². The second kappa shape index (κ2) is 8.93. The van der Waals surface area contributed by atoms with Crippen molar-refractivity contribution in [3.05, 3.63) is 35.4 Å². The molecule has 120 valence electrons. The normalized spacial score (nSPS) is 21.2. The lowest BCUT2D eigenvalue weighted by atomic mass is 9.80. The van der Waals surface area contributed by atoms with Crippen molar-refractivity contribution in [2.24, 2.45) is 11.8 Å². The van der Waals surface area contributed by atoms with Crippen molar-refractivity contribution >= 4 is 0 Å². The fourth-order valence-electron chi connectivity index (χ4n) is 3.23. The minimum atomic E-state index is -0.558. The number of unbranched alkanes of at least 4 members (excludes halogenated alkanes) is 3. The fraction of sp³-hybridized carbons (Fsp3) is 0.600. The van der Waals surface area contributed by atoms with E-state index in [9.17, 15) is 8.78 Å². The van der Waals surface area contributed by atoms with Crippen LogP contribution in [0.4, 0.5) is 8.78 Å². The summed E-state index contributed by atoms with van der Waals surface area (Å²) in [5.74, 6) is 6.20. The van der Waals surface area contributed by atoms with E-state index in [0.717, 1.165) is 24.8 Å². The molecule has 1 aromatic carbocycles. The van der Waals surface area contributed by atoms with E-state index in [-0.39, 0.29) is 0 Å². The van der Waals surface area contributed by atoms with Crippen LogP contribution in [0.1, 0.15) is 70.3 Å². The van der Waals surface area contributed by atoms with Gasteiger partial charge in [0.25, 0.3) is 0 Å². The third kappa shape index (κ3) is 5.44. The molecule has 0 unspecified atom stereocenters. The summed E-state index contributed by atoms with van der Waals surface area (Å²) in [6.45, 7) is 2.24. The molecule has 0 spiro atoms. The second-order valence-electron chi connectivity index (χ2n) is 6.46. The Balaban J connectivity index is 1.77. The van der Waals surface area contributed by atoms with Gasteiger partial charge in [0.1, 0.15) is 11.6 Å². The third-order valence-corrected chi connectivity index (χ3v) is 4.65. The molecule has 0 atom stereocenters. The number of halogens is 2. The molecule has 0 saturated heterocycles. The van der Waals surface area contributed by atoms with Crippen molar-refractivity contribution in [3.63, 3.8) is 0 Å². The molecule has 0 aromatic heterocycles. The molecule has 0 amide bonds. The van der Waals surface area contributed by atoms with E-state index >= 15 is 0 Å². The van der Waals surface area contributed by atoms with Gasteiger partial charge in [0, 0.05) is 12.0 Å². The summed E-state index contributed by atoms with van der Waals surface area (Å²) < 4.78 is 26.4. The van der Waals surface area contributed by atoms with Gasteiger partial charge in [-0.3, -0.25) is 0 Å². The highest BCUT2D eigenvalue weighted by molar-refractivity contribution is 5.36. The summed E-state index contributed by atoms with van der Waals surface area (Å²) in [6, 6.07) is 3.59. The smallest absolute Gasteiger partial charge is 0.141 e. The molecule has 0 aliphatic heterocycles. The van der Waals surface area contributed by atoms with E-state index in [4.69, 9.17) is 0 Å². The van der Waals surface area contributed by atoms with Gasteiger partial charge in [-0.05, 0) is 43.7 Å². The van der Waals surface area contributed by atoms with Gasteiger partial charge in [0.05, 0.1) is 5.56 Å². The van der Waals surface area contributed by atoms with Gasteiger partial charge >= 0.3 is 0 Å². The van der Waals surface area contributed by atoms with Gasteiger partial charge in [0.15, 0.2) is 0 Å². The highest BCUT2D eigenvalue weighted by Gasteiger charge is 2.19. The summed E-state index contributed by atoms with van der Waals surface area (Å²) in [5, 5.41) is 0. The Labute approximate surface area is 133 Å². The average molecular weight is 304 g/mol. The minimum absolute atomic E-state index is 0.308. The van der Waals surface area contributed by atoms with Gasteiger partial charge in [-0.1, -0.05) is 50.9 Å². The SMILES string of the molecule is CCCCCC[C@H]1CC[C@H](C#Cc2ccc(F)cc2F)CC1. The summed E-state index contributed by atoms with van der Waals surface area (Å²) in [6.07, 6.45) is 11.5. The van der Waals surface area contributed by atoms with E-state index in [1.54, 1.807) is 0 Å². The molecule has 2 rings (SSSR count). The van der Waals surface area contributed by atoms with Crippen molar-refractivity contribution in [3.8, 4) is 11.8 Å². The first kappa shape index (κ1) is 17.0. The quantitative estimate of drug-likeness (QED) is 0.456. The van der Waals surface area contributed by atoms with Gasteiger partial charge in [-0.15, -0.1) is 0 Å². The number of benzene rings is 1. The Morgan fingerprint density at radius 3 is 2.50 bits per heavy atom. The summed E-state index contributed by atoms with van der Waals surface area (Å²) in [4.78, 5) is 0. The molecule has 0 bridgehead atoms. The highest BCUT2D eigenvalue weighted by atomic mass is 19.1. The molecule has 0 heterocycles. The molecule has 1 aliphatic rings. The first-order valence-corrected chi connectivity index (χ1v) is 8.65. The van der Waals surface area contributed by atoms with Crippen molar-refractivity contribution in [2.75, 3.05) is 0 Å². The van der Waals surface area contributed by atoms with Crippen LogP contribution in [0.25, 0.3) is 0 Å². The van der Waals surface area contributed by atoms with Gasteiger partial charge in [-0.2, -0.15) is 0 Å². The van der Waals surface area contributed by atoms with E-state index in [1.807, 2.05) is 0 Å². The first-order valence-electron chi connectivity index (χ1n) is 8.65. The Kier molecular flexibility index (Phi) is 6.90. The predicted molar refractivity (Wildman–Crippen MR) is 87.4 cm³/mol. The van der Waals surface area contributed by atoms with E-state index in [0.29, 0.717) is 11.5 Å². The Morgan fingerprint density at radius 1 is 1.05 bits per heavy atom. The van der Waals surface area contributed by atoms with Crippen LogP contribution in [0.3, 0.4) is 0 Å². The maximum absolute atomic E-state index is 13.5. The number of rotatable bonds is 5. The molecular formula is C20H26F2. The molecule has 0 N–H and O–H groups in total. The summed E-state index contributed by atoms with van der Waals surface area (Å²) >= 11 is 0. The molecule has 1 aromatic rings. The van der Waals surface area contributed by atoms with E-state index in [1.165, 1.54) is 57.1 Å². The van der Waals surface area contributed by atoms with Crippen molar-refractivity contribution in [1.29, 1.82) is 0 Å². The first-order chi connectivity index (χ1) is 10.7. The zero-order chi connectivity index (χ0) is 15.8. The molecule has 22 heavy (non-hydrogen) atoms. The van der Waals surface area contributed by atoms with Crippen LogP contribution in [0, 0.1) is 35.3 Å². The standard InChI is InChI=1S/C20H26F2/c1-2-3-4-5-6-16-7-9-17(10-8-16)11-12-18-13-14-19(21)15-20(18)22/h13-17H,2-10H2,1H3/t16-,17-. The van der Waals surface area contributed by atoms with Crippen molar-refractivity contribution in [2.45, 2.75) is 64.7 Å². The lowest BCUT2D eigenvalue weighted by molar-refractivity contribution is 0.294. The molecule has 1 aliphatic carbocycles. The highest BCUT2D eigenvalue weighted by Crippen LogP contribution is 2.31. The number of hydrogen-bond acceptors (Lipinski definition) is 0. The Morgan fingerprint density at radius 2 is 1.82 bits per heavy atom. The summed E-state index contributed by atoms with van der Waals surface area (Å²) in [7, 11) is 0. The van der Waals surface area contributed by atoms with Crippen LogP contribution in [0.2, 0.25) is 0 Å². The minimum Gasteiger partial charge on any atom is -0.207 e. The largest absolute Gasteiger partial charge is 0.207 e. The maximum atomic E-state index is 13.5. The lowest BCUT2D eigenvalue weighted by Gasteiger charge is -2.25. The van der Waals surface area contributed by atoms with Crippen LogP contribution in [-0.4, -0.2) is 0 Å². The molecule has 1 fully saturated rings. The van der Waals surface area contributed by atoms with Gasteiger partial charge < -0.3 is 0 Å². The van der Waals surface area contributed by atoms with Crippen LogP contribution >= 0.6 is 0 Å².